The van der Waals surface area contributed by atoms with Crippen LogP contribution >= 0.6 is 0 Å². The zero-order valence-corrected chi connectivity index (χ0v) is 12.4. The third kappa shape index (κ3) is 3.18. The van der Waals surface area contributed by atoms with Gasteiger partial charge < -0.3 is 5.32 Å². The van der Waals surface area contributed by atoms with Crippen LogP contribution in [0, 0.1) is 11.6 Å². The number of carbonyl (C=O) groups excluding carboxylic acids is 1. The lowest BCUT2D eigenvalue weighted by atomic mass is 10.1. The van der Waals surface area contributed by atoms with Crippen molar-refractivity contribution in [1.82, 2.24) is 10.3 Å². The fourth-order valence-corrected chi connectivity index (χ4v) is 2.39. The average Bonchev–Trinajstić information content (AvgIpc) is 2.54. The molecular formula is C18H14F2N2O. The summed E-state index contributed by atoms with van der Waals surface area (Å²) in [5.41, 5.74) is 1.18. The van der Waals surface area contributed by atoms with Gasteiger partial charge in [0, 0.05) is 17.0 Å². The maximum absolute atomic E-state index is 13.8. The molecular weight excluding hydrogens is 298 g/mol. The number of nitrogens with one attached hydrogen (secondary N) is 1. The van der Waals surface area contributed by atoms with Gasteiger partial charge in [-0.05, 0) is 25.1 Å². The molecule has 0 spiro atoms. The van der Waals surface area contributed by atoms with Crippen molar-refractivity contribution in [2.24, 2.45) is 0 Å². The van der Waals surface area contributed by atoms with E-state index in [1.807, 2.05) is 24.3 Å². The van der Waals surface area contributed by atoms with Crippen LogP contribution in [0.15, 0.2) is 54.6 Å². The summed E-state index contributed by atoms with van der Waals surface area (Å²) in [4.78, 5) is 16.6. The number of hydrogen-bond acceptors (Lipinski definition) is 2. The van der Waals surface area contributed by atoms with Crippen molar-refractivity contribution in [3.05, 3.63) is 77.5 Å². The number of pyridine rings is 1. The van der Waals surface area contributed by atoms with E-state index in [-0.39, 0.29) is 11.3 Å². The summed E-state index contributed by atoms with van der Waals surface area (Å²) in [7, 11) is 0. The van der Waals surface area contributed by atoms with Crippen molar-refractivity contribution in [1.29, 1.82) is 0 Å². The first kappa shape index (κ1) is 15.1. The zero-order valence-electron chi connectivity index (χ0n) is 12.4. The summed E-state index contributed by atoms with van der Waals surface area (Å²) in [5.74, 6) is -1.75. The Bertz CT molecular complexity index is 880. The van der Waals surface area contributed by atoms with Gasteiger partial charge in [-0.3, -0.25) is 4.79 Å². The van der Waals surface area contributed by atoms with E-state index in [1.165, 1.54) is 6.07 Å². The Labute approximate surface area is 132 Å². The van der Waals surface area contributed by atoms with Gasteiger partial charge in [-0.1, -0.05) is 30.3 Å². The molecule has 3 rings (SSSR count). The normalized spacial score (nSPS) is 12.1. The second kappa shape index (κ2) is 6.12. The van der Waals surface area contributed by atoms with Crippen LogP contribution in [-0.2, 0) is 0 Å². The van der Waals surface area contributed by atoms with Crippen LogP contribution in [0.4, 0.5) is 8.78 Å². The molecule has 0 aliphatic rings. The predicted molar refractivity (Wildman–Crippen MR) is 84.0 cm³/mol. The van der Waals surface area contributed by atoms with Gasteiger partial charge in [0.15, 0.2) is 0 Å². The number of carbonyl (C=O) groups is 1. The highest BCUT2D eigenvalue weighted by molar-refractivity contribution is 5.95. The highest BCUT2D eigenvalue weighted by Crippen LogP contribution is 2.18. The van der Waals surface area contributed by atoms with Gasteiger partial charge in [-0.15, -0.1) is 0 Å². The molecule has 0 saturated carbocycles. The molecule has 1 heterocycles. The second-order valence-electron chi connectivity index (χ2n) is 5.25. The van der Waals surface area contributed by atoms with Crippen molar-refractivity contribution in [3.8, 4) is 0 Å². The van der Waals surface area contributed by atoms with Gasteiger partial charge in [-0.25, -0.2) is 13.8 Å². The third-order valence-electron chi connectivity index (χ3n) is 3.61. The molecule has 0 bridgehead atoms. The van der Waals surface area contributed by atoms with E-state index in [2.05, 4.69) is 10.3 Å². The quantitative estimate of drug-likeness (QED) is 0.794. The van der Waals surface area contributed by atoms with Crippen LogP contribution < -0.4 is 5.32 Å². The summed E-state index contributed by atoms with van der Waals surface area (Å²) in [5, 5.41) is 3.61. The van der Waals surface area contributed by atoms with Crippen LogP contribution in [0.2, 0.25) is 0 Å². The molecule has 0 aliphatic carbocycles. The van der Waals surface area contributed by atoms with Crippen LogP contribution in [0.25, 0.3) is 10.9 Å². The number of hydrogen-bond donors (Lipinski definition) is 1. The highest BCUT2D eigenvalue weighted by atomic mass is 19.1. The molecule has 5 heteroatoms. The lowest BCUT2D eigenvalue weighted by Crippen LogP contribution is -2.28. The number of aromatic nitrogens is 1. The van der Waals surface area contributed by atoms with Gasteiger partial charge in [0.05, 0.1) is 11.6 Å². The molecule has 1 atom stereocenters. The molecule has 0 unspecified atom stereocenters. The van der Waals surface area contributed by atoms with Crippen LogP contribution in [0.3, 0.4) is 0 Å². The van der Waals surface area contributed by atoms with E-state index in [0.717, 1.165) is 17.5 Å². The van der Waals surface area contributed by atoms with E-state index in [9.17, 15) is 13.6 Å². The molecule has 1 N–H and O–H groups in total. The Balaban J connectivity index is 1.82. The Morgan fingerprint density at radius 1 is 1.09 bits per heavy atom. The fraction of sp³-hybridized carbons (Fsp3) is 0.111. The molecule has 23 heavy (non-hydrogen) atoms. The molecule has 1 aromatic heterocycles. The molecule has 2 aromatic carbocycles. The van der Waals surface area contributed by atoms with E-state index in [4.69, 9.17) is 0 Å². The number of rotatable bonds is 3. The summed E-state index contributed by atoms with van der Waals surface area (Å²) in [6, 6.07) is 13.6. The Hall–Kier alpha value is -2.82. The maximum Gasteiger partial charge on any atom is 0.270 e. The van der Waals surface area contributed by atoms with Crippen LogP contribution in [0.5, 0.6) is 0 Å². The smallest absolute Gasteiger partial charge is 0.270 e. The monoisotopic (exact) mass is 312 g/mol. The molecule has 0 saturated heterocycles. The van der Waals surface area contributed by atoms with Crippen molar-refractivity contribution in [3.63, 3.8) is 0 Å². The lowest BCUT2D eigenvalue weighted by Gasteiger charge is -2.15. The number of fused-ring (bicyclic) bond motifs is 1. The second-order valence-corrected chi connectivity index (χ2v) is 5.25. The SMILES string of the molecule is C[C@@H](NC(=O)c1ccc2ccccc2n1)c1ccc(F)cc1F. The summed E-state index contributed by atoms with van der Waals surface area (Å²) < 4.78 is 26.7. The largest absolute Gasteiger partial charge is 0.344 e. The van der Waals surface area contributed by atoms with Crippen molar-refractivity contribution in [2.75, 3.05) is 0 Å². The van der Waals surface area contributed by atoms with Crippen LogP contribution in [0.1, 0.15) is 29.0 Å². The zero-order chi connectivity index (χ0) is 16.4. The molecule has 3 aromatic rings. The number of halogens is 2. The minimum Gasteiger partial charge on any atom is -0.344 e. The Kier molecular flexibility index (Phi) is 4.02. The van der Waals surface area contributed by atoms with E-state index < -0.39 is 23.6 Å². The van der Waals surface area contributed by atoms with Gasteiger partial charge in [-0.2, -0.15) is 0 Å². The van der Waals surface area contributed by atoms with Gasteiger partial charge in [0.1, 0.15) is 17.3 Å². The molecule has 116 valence electrons. The third-order valence-corrected chi connectivity index (χ3v) is 3.61. The van der Waals surface area contributed by atoms with Crippen LogP contribution in [-0.4, -0.2) is 10.9 Å². The van der Waals surface area contributed by atoms with Crippen molar-refractivity contribution in [2.45, 2.75) is 13.0 Å². The number of benzene rings is 2. The van der Waals surface area contributed by atoms with E-state index in [1.54, 1.807) is 19.1 Å². The highest BCUT2D eigenvalue weighted by Gasteiger charge is 2.16. The van der Waals surface area contributed by atoms with Gasteiger partial charge in [0.25, 0.3) is 5.91 Å². The number of para-hydroxylation sites is 1. The topological polar surface area (TPSA) is 42.0 Å². The standard InChI is InChI=1S/C18H14F2N2O/c1-11(14-8-7-13(19)10-15(14)20)21-18(23)17-9-6-12-4-2-3-5-16(12)22-17/h2-11H,1H3,(H,21,23)/t11-/m1/s1. The summed E-state index contributed by atoms with van der Waals surface area (Å²) in [6.07, 6.45) is 0. The molecule has 0 radical (unpaired) electrons. The summed E-state index contributed by atoms with van der Waals surface area (Å²) in [6.45, 7) is 1.63. The van der Waals surface area contributed by atoms with Crippen molar-refractivity contribution >= 4 is 16.8 Å². The van der Waals surface area contributed by atoms with E-state index >= 15 is 0 Å². The maximum atomic E-state index is 13.8. The lowest BCUT2D eigenvalue weighted by molar-refractivity contribution is 0.0934. The predicted octanol–water partition coefficient (Wildman–Crippen LogP) is 4.00. The molecule has 3 nitrogen and oxygen atoms in total. The van der Waals surface area contributed by atoms with Crippen molar-refractivity contribution < 1.29 is 13.6 Å². The van der Waals surface area contributed by atoms with Gasteiger partial charge in [0.2, 0.25) is 0 Å². The first-order chi connectivity index (χ1) is 11.0. The average molecular weight is 312 g/mol. The Morgan fingerprint density at radius 2 is 1.87 bits per heavy atom. The minimum absolute atomic E-state index is 0.223. The Morgan fingerprint density at radius 3 is 2.65 bits per heavy atom. The summed E-state index contributed by atoms with van der Waals surface area (Å²) >= 11 is 0. The molecule has 1 amide bonds. The molecule has 0 fully saturated rings. The number of nitrogens with zero attached hydrogens (tertiary/aromatic N) is 1. The number of amides is 1. The molecule has 0 aliphatic heterocycles. The van der Waals surface area contributed by atoms with E-state index in [0.29, 0.717) is 5.52 Å². The first-order valence-corrected chi connectivity index (χ1v) is 7.16. The van der Waals surface area contributed by atoms with Gasteiger partial charge >= 0.3 is 0 Å². The fourth-order valence-electron chi connectivity index (χ4n) is 2.39. The first-order valence-electron chi connectivity index (χ1n) is 7.16. The minimum atomic E-state index is -0.690.